The summed E-state index contributed by atoms with van der Waals surface area (Å²) in [5.74, 6) is 1.97. The van der Waals surface area contributed by atoms with Crippen molar-refractivity contribution in [3.63, 3.8) is 0 Å². The first-order valence-electron chi connectivity index (χ1n) is 6.12. The molecule has 1 aromatic heterocycles. The molecule has 0 amide bonds. The SMILES string of the molecule is Cc1ccc(C)c(Cc2nnc(CCCCl)o2)c1. The van der Waals surface area contributed by atoms with Crippen LogP contribution in [0.15, 0.2) is 22.6 Å². The Labute approximate surface area is 112 Å². The number of alkyl halides is 1. The summed E-state index contributed by atoms with van der Waals surface area (Å²) in [4.78, 5) is 0. The predicted octanol–water partition coefficient (Wildman–Crippen LogP) is 3.45. The molecule has 0 unspecified atom stereocenters. The predicted molar refractivity (Wildman–Crippen MR) is 72.1 cm³/mol. The standard InChI is InChI=1S/C14H17ClN2O/c1-10-5-6-11(2)12(8-10)9-14-17-16-13(18-14)4-3-7-15/h5-6,8H,3-4,7,9H2,1-2H3. The first-order chi connectivity index (χ1) is 8.69. The van der Waals surface area contributed by atoms with E-state index in [1.165, 1.54) is 16.7 Å². The Morgan fingerprint density at radius 2 is 1.94 bits per heavy atom. The lowest BCUT2D eigenvalue weighted by Gasteiger charge is -2.03. The minimum atomic E-state index is 0.620. The number of rotatable bonds is 5. The van der Waals surface area contributed by atoms with E-state index >= 15 is 0 Å². The number of aryl methyl sites for hydroxylation is 3. The lowest BCUT2D eigenvalue weighted by Crippen LogP contribution is -1.93. The first kappa shape index (κ1) is 13.1. The van der Waals surface area contributed by atoms with Gasteiger partial charge in [0.15, 0.2) is 0 Å². The highest BCUT2D eigenvalue weighted by atomic mass is 35.5. The molecule has 96 valence electrons. The normalized spacial score (nSPS) is 10.8. The maximum atomic E-state index is 5.64. The van der Waals surface area contributed by atoms with Gasteiger partial charge in [-0.25, -0.2) is 0 Å². The maximum absolute atomic E-state index is 5.64. The number of aromatic nitrogens is 2. The molecule has 0 aliphatic heterocycles. The molecule has 0 spiro atoms. The summed E-state index contributed by atoms with van der Waals surface area (Å²) in [5.41, 5.74) is 3.74. The van der Waals surface area contributed by atoms with Gasteiger partial charge in [-0.2, -0.15) is 0 Å². The van der Waals surface area contributed by atoms with Crippen molar-refractivity contribution in [1.82, 2.24) is 10.2 Å². The highest BCUT2D eigenvalue weighted by Gasteiger charge is 2.08. The molecule has 3 nitrogen and oxygen atoms in total. The molecule has 2 rings (SSSR count). The van der Waals surface area contributed by atoms with E-state index < -0.39 is 0 Å². The van der Waals surface area contributed by atoms with Gasteiger partial charge in [0.25, 0.3) is 0 Å². The van der Waals surface area contributed by atoms with Crippen molar-refractivity contribution < 1.29 is 4.42 Å². The molecule has 0 aliphatic rings. The van der Waals surface area contributed by atoms with Crippen molar-refractivity contribution in [2.45, 2.75) is 33.1 Å². The van der Waals surface area contributed by atoms with Gasteiger partial charge in [-0.3, -0.25) is 0 Å². The van der Waals surface area contributed by atoms with Crippen molar-refractivity contribution in [2.75, 3.05) is 5.88 Å². The number of halogens is 1. The second-order valence-corrected chi connectivity index (χ2v) is 4.87. The van der Waals surface area contributed by atoms with Gasteiger partial charge in [0.05, 0.1) is 6.42 Å². The van der Waals surface area contributed by atoms with Crippen LogP contribution in [0.25, 0.3) is 0 Å². The molecule has 18 heavy (non-hydrogen) atoms. The second-order valence-electron chi connectivity index (χ2n) is 4.49. The third kappa shape index (κ3) is 3.33. The van der Waals surface area contributed by atoms with Gasteiger partial charge in [0.1, 0.15) is 0 Å². The smallest absolute Gasteiger partial charge is 0.220 e. The molecule has 2 aromatic rings. The fourth-order valence-electron chi connectivity index (χ4n) is 1.83. The minimum absolute atomic E-state index is 0.620. The van der Waals surface area contributed by atoms with Crippen molar-refractivity contribution in [1.29, 1.82) is 0 Å². The van der Waals surface area contributed by atoms with Crippen LogP contribution in [0.5, 0.6) is 0 Å². The minimum Gasteiger partial charge on any atom is -0.425 e. The molecule has 0 saturated carbocycles. The molecule has 0 fully saturated rings. The van der Waals surface area contributed by atoms with E-state index in [1.54, 1.807) is 0 Å². The Bertz CT molecular complexity index is 522. The molecule has 0 radical (unpaired) electrons. The lowest BCUT2D eigenvalue weighted by atomic mass is 10.0. The number of benzene rings is 1. The van der Waals surface area contributed by atoms with E-state index in [4.69, 9.17) is 16.0 Å². The largest absolute Gasteiger partial charge is 0.425 e. The molecule has 1 aromatic carbocycles. The van der Waals surface area contributed by atoms with Crippen LogP contribution < -0.4 is 0 Å². The molecular weight excluding hydrogens is 248 g/mol. The van der Waals surface area contributed by atoms with Crippen molar-refractivity contribution in [3.05, 3.63) is 46.7 Å². The van der Waals surface area contributed by atoms with Gasteiger partial charge in [-0.1, -0.05) is 23.8 Å². The van der Waals surface area contributed by atoms with E-state index in [0.717, 1.165) is 12.8 Å². The molecule has 1 heterocycles. The van der Waals surface area contributed by atoms with Crippen molar-refractivity contribution in [3.8, 4) is 0 Å². The maximum Gasteiger partial charge on any atom is 0.220 e. The average Bonchev–Trinajstić information content (AvgIpc) is 2.79. The summed E-state index contributed by atoms with van der Waals surface area (Å²) in [6.07, 6.45) is 2.32. The van der Waals surface area contributed by atoms with Gasteiger partial charge in [0.2, 0.25) is 11.8 Å². The van der Waals surface area contributed by atoms with E-state index in [1.807, 2.05) is 0 Å². The van der Waals surface area contributed by atoms with Crippen LogP contribution in [-0.2, 0) is 12.8 Å². The van der Waals surface area contributed by atoms with Crippen molar-refractivity contribution >= 4 is 11.6 Å². The zero-order chi connectivity index (χ0) is 13.0. The number of nitrogens with zero attached hydrogens (tertiary/aromatic N) is 2. The third-order valence-corrected chi connectivity index (χ3v) is 3.15. The number of hydrogen-bond acceptors (Lipinski definition) is 3. The highest BCUT2D eigenvalue weighted by molar-refractivity contribution is 6.17. The molecular formula is C14H17ClN2O. The van der Waals surface area contributed by atoms with Crippen LogP contribution in [0.1, 0.15) is 34.9 Å². The van der Waals surface area contributed by atoms with Gasteiger partial charge >= 0.3 is 0 Å². The zero-order valence-corrected chi connectivity index (χ0v) is 11.5. The monoisotopic (exact) mass is 264 g/mol. The van der Waals surface area contributed by atoms with Gasteiger partial charge < -0.3 is 4.42 Å². The van der Waals surface area contributed by atoms with Crippen LogP contribution in [0, 0.1) is 13.8 Å². The quantitative estimate of drug-likeness (QED) is 0.777. The first-order valence-corrected chi connectivity index (χ1v) is 6.66. The van der Waals surface area contributed by atoms with Crippen molar-refractivity contribution in [2.24, 2.45) is 0 Å². The van der Waals surface area contributed by atoms with E-state index in [9.17, 15) is 0 Å². The van der Waals surface area contributed by atoms with E-state index in [2.05, 4.69) is 42.2 Å². The molecule has 0 N–H and O–H groups in total. The Kier molecular flexibility index (Phi) is 4.37. The van der Waals surface area contributed by atoms with Gasteiger partial charge in [-0.15, -0.1) is 21.8 Å². The molecule has 0 bridgehead atoms. The Morgan fingerprint density at radius 3 is 2.72 bits per heavy atom. The third-order valence-electron chi connectivity index (χ3n) is 2.88. The van der Waals surface area contributed by atoms with Crippen LogP contribution >= 0.6 is 11.6 Å². The average molecular weight is 265 g/mol. The summed E-state index contributed by atoms with van der Waals surface area (Å²) in [6.45, 7) is 4.18. The summed E-state index contributed by atoms with van der Waals surface area (Å²) in [7, 11) is 0. The molecule has 0 atom stereocenters. The fourth-order valence-corrected chi connectivity index (χ4v) is 1.97. The van der Waals surface area contributed by atoms with E-state index in [0.29, 0.717) is 24.1 Å². The lowest BCUT2D eigenvalue weighted by molar-refractivity contribution is 0.455. The van der Waals surface area contributed by atoms with Crippen LogP contribution in [0.4, 0.5) is 0 Å². The summed E-state index contributed by atoms with van der Waals surface area (Å²) in [5, 5.41) is 8.10. The Morgan fingerprint density at radius 1 is 1.17 bits per heavy atom. The van der Waals surface area contributed by atoms with E-state index in [-0.39, 0.29) is 0 Å². The molecule has 4 heteroatoms. The Hall–Kier alpha value is -1.35. The highest BCUT2D eigenvalue weighted by Crippen LogP contribution is 2.15. The fraction of sp³-hybridized carbons (Fsp3) is 0.429. The second kappa shape index (κ2) is 6.01. The zero-order valence-electron chi connectivity index (χ0n) is 10.7. The summed E-state index contributed by atoms with van der Waals surface area (Å²) in [6, 6.07) is 6.39. The van der Waals surface area contributed by atoms with Gasteiger partial charge in [0, 0.05) is 12.3 Å². The number of hydrogen-bond donors (Lipinski definition) is 0. The Balaban J connectivity index is 2.08. The molecule has 0 saturated heterocycles. The van der Waals surface area contributed by atoms with Crippen LogP contribution in [0.2, 0.25) is 0 Å². The molecule has 0 aliphatic carbocycles. The summed E-state index contributed by atoms with van der Waals surface area (Å²) < 4.78 is 5.60. The van der Waals surface area contributed by atoms with Crippen LogP contribution in [0.3, 0.4) is 0 Å². The van der Waals surface area contributed by atoms with Crippen LogP contribution in [-0.4, -0.2) is 16.1 Å². The summed E-state index contributed by atoms with van der Waals surface area (Å²) >= 11 is 5.64. The van der Waals surface area contributed by atoms with Gasteiger partial charge in [-0.05, 0) is 31.4 Å². The topological polar surface area (TPSA) is 38.9 Å².